The lowest BCUT2D eigenvalue weighted by atomic mass is 10.1. The number of allylic oxidation sites excluding steroid dienone is 1. The van der Waals surface area contributed by atoms with E-state index in [1.54, 1.807) is 12.1 Å². The summed E-state index contributed by atoms with van der Waals surface area (Å²) in [7, 11) is 0. The average molecular weight is 215 g/mol. The van der Waals surface area contributed by atoms with E-state index in [9.17, 15) is 4.79 Å². The van der Waals surface area contributed by atoms with Crippen molar-refractivity contribution < 1.29 is 9.53 Å². The minimum Gasteiger partial charge on any atom is -0.462 e. The number of carbonyl (C=O) groups is 1. The Kier molecular flexibility index (Phi) is 4.28. The molecule has 3 nitrogen and oxygen atoms in total. The van der Waals surface area contributed by atoms with Crippen LogP contribution in [0.2, 0.25) is 0 Å². The van der Waals surface area contributed by atoms with Gasteiger partial charge in [-0.3, -0.25) is 4.79 Å². The molecule has 3 heteroatoms. The van der Waals surface area contributed by atoms with E-state index in [1.165, 1.54) is 6.92 Å². The molecule has 0 heterocycles. The highest BCUT2D eigenvalue weighted by Gasteiger charge is 2.02. The van der Waals surface area contributed by atoms with Gasteiger partial charge in [0.25, 0.3) is 0 Å². The molecule has 0 saturated heterocycles. The largest absolute Gasteiger partial charge is 0.462 e. The first kappa shape index (κ1) is 12.0. The van der Waals surface area contributed by atoms with Crippen molar-refractivity contribution in [3.8, 4) is 0 Å². The lowest BCUT2D eigenvalue weighted by molar-refractivity contribution is -0.139. The third kappa shape index (κ3) is 3.25. The Morgan fingerprint density at radius 3 is 2.75 bits per heavy atom. The van der Waals surface area contributed by atoms with Crippen LogP contribution in [0.1, 0.15) is 19.4 Å². The first-order chi connectivity index (χ1) is 7.65. The molecule has 0 aromatic heterocycles. The van der Waals surface area contributed by atoms with Crippen molar-refractivity contribution in [1.82, 2.24) is 0 Å². The second kappa shape index (κ2) is 5.72. The molecule has 16 heavy (non-hydrogen) atoms. The monoisotopic (exact) mass is 215 g/mol. The molecule has 0 aliphatic carbocycles. The summed E-state index contributed by atoms with van der Waals surface area (Å²) in [6.45, 7) is 10.5. The standard InChI is InChI=1S/C13H13NO2/c1-10(8-9-16-11(2)15)12-6-4-5-7-13(12)14-3/h4-8H,9H2,1-2H3/b10-8+. The van der Waals surface area contributed by atoms with Crippen LogP contribution in [0, 0.1) is 6.57 Å². The number of para-hydroxylation sites is 1. The van der Waals surface area contributed by atoms with Crippen molar-refractivity contribution in [2.75, 3.05) is 6.61 Å². The van der Waals surface area contributed by atoms with Gasteiger partial charge in [-0.2, -0.15) is 0 Å². The van der Waals surface area contributed by atoms with Crippen molar-refractivity contribution in [3.63, 3.8) is 0 Å². The van der Waals surface area contributed by atoms with E-state index in [2.05, 4.69) is 4.85 Å². The number of hydrogen-bond donors (Lipinski definition) is 0. The molecule has 0 N–H and O–H groups in total. The predicted octanol–water partition coefficient (Wildman–Crippen LogP) is 3.20. The topological polar surface area (TPSA) is 30.7 Å². The first-order valence-electron chi connectivity index (χ1n) is 4.92. The Balaban J connectivity index is 2.84. The molecule has 0 amide bonds. The molecule has 0 atom stereocenters. The number of benzene rings is 1. The van der Waals surface area contributed by atoms with Crippen molar-refractivity contribution in [2.45, 2.75) is 13.8 Å². The van der Waals surface area contributed by atoms with Gasteiger partial charge in [0.2, 0.25) is 0 Å². The van der Waals surface area contributed by atoms with Gasteiger partial charge in [0, 0.05) is 6.92 Å². The summed E-state index contributed by atoms with van der Waals surface area (Å²) in [5, 5.41) is 0. The van der Waals surface area contributed by atoms with E-state index in [0.29, 0.717) is 5.69 Å². The van der Waals surface area contributed by atoms with E-state index >= 15 is 0 Å². The highest BCUT2D eigenvalue weighted by molar-refractivity contribution is 5.75. The Hall–Kier alpha value is -2.08. The number of esters is 1. The minimum absolute atomic E-state index is 0.244. The molecule has 0 unspecified atom stereocenters. The quantitative estimate of drug-likeness (QED) is 0.572. The molecular formula is C13H13NO2. The summed E-state index contributed by atoms with van der Waals surface area (Å²) in [4.78, 5) is 14.0. The van der Waals surface area contributed by atoms with Crippen molar-refractivity contribution in [3.05, 3.63) is 47.3 Å². The molecule has 1 aromatic carbocycles. The zero-order valence-electron chi connectivity index (χ0n) is 9.36. The van der Waals surface area contributed by atoms with Gasteiger partial charge in [0.15, 0.2) is 5.69 Å². The van der Waals surface area contributed by atoms with Crippen LogP contribution >= 0.6 is 0 Å². The molecule has 0 aliphatic heterocycles. The molecule has 0 bridgehead atoms. The molecule has 82 valence electrons. The van der Waals surface area contributed by atoms with E-state index in [0.717, 1.165) is 11.1 Å². The van der Waals surface area contributed by atoms with Gasteiger partial charge in [-0.25, -0.2) is 4.85 Å². The molecule has 0 spiro atoms. The fourth-order valence-corrected chi connectivity index (χ4v) is 1.30. The summed E-state index contributed by atoms with van der Waals surface area (Å²) < 4.78 is 4.81. The molecule has 0 radical (unpaired) electrons. The summed E-state index contributed by atoms with van der Waals surface area (Å²) in [6, 6.07) is 7.36. The normalized spacial score (nSPS) is 10.7. The third-order valence-corrected chi connectivity index (χ3v) is 2.13. The van der Waals surface area contributed by atoms with Gasteiger partial charge in [-0.15, -0.1) is 0 Å². The van der Waals surface area contributed by atoms with Crippen LogP contribution in [0.4, 0.5) is 5.69 Å². The summed E-state index contributed by atoms with van der Waals surface area (Å²) in [6.07, 6.45) is 1.80. The maximum atomic E-state index is 10.6. The Morgan fingerprint density at radius 1 is 1.44 bits per heavy atom. The number of ether oxygens (including phenoxy) is 1. The zero-order valence-corrected chi connectivity index (χ0v) is 9.36. The van der Waals surface area contributed by atoms with Crippen LogP contribution in [-0.4, -0.2) is 12.6 Å². The van der Waals surface area contributed by atoms with Gasteiger partial charge in [0.1, 0.15) is 6.61 Å². The molecular weight excluding hydrogens is 202 g/mol. The molecule has 1 rings (SSSR count). The van der Waals surface area contributed by atoms with E-state index in [-0.39, 0.29) is 12.6 Å². The van der Waals surface area contributed by atoms with Crippen LogP contribution < -0.4 is 0 Å². The van der Waals surface area contributed by atoms with Gasteiger partial charge in [-0.1, -0.05) is 29.8 Å². The fraction of sp³-hybridized carbons (Fsp3) is 0.231. The summed E-state index contributed by atoms with van der Waals surface area (Å²) in [5.41, 5.74) is 2.43. The van der Waals surface area contributed by atoms with Crippen LogP contribution in [0.3, 0.4) is 0 Å². The molecule has 1 aromatic rings. The fourth-order valence-electron chi connectivity index (χ4n) is 1.30. The lowest BCUT2D eigenvalue weighted by Crippen LogP contribution is -1.98. The van der Waals surface area contributed by atoms with Gasteiger partial charge in [0.05, 0.1) is 6.57 Å². The maximum Gasteiger partial charge on any atom is 0.302 e. The number of hydrogen-bond acceptors (Lipinski definition) is 2. The lowest BCUT2D eigenvalue weighted by Gasteiger charge is -2.04. The second-order valence-electron chi connectivity index (χ2n) is 3.32. The highest BCUT2D eigenvalue weighted by atomic mass is 16.5. The number of nitrogens with zero attached hydrogens (tertiary/aromatic N) is 1. The van der Waals surface area contributed by atoms with Gasteiger partial charge < -0.3 is 4.74 Å². The molecule has 0 saturated carbocycles. The average Bonchev–Trinajstić information content (AvgIpc) is 2.28. The molecule has 0 fully saturated rings. The van der Waals surface area contributed by atoms with Gasteiger partial charge in [-0.05, 0) is 18.6 Å². The minimum atomic E-state index is -0.303. The number of carbonyl (C=O) groups excluding carboxylic acids is 1. The van der Waals surface area contributed by atoms with Crippen LogP contribution in [0.25, 0.3) is 10.4 Å². The van der Waals surface area contributed by atoms with E-state index in [1.807, 2.05) is 25.1 Å². The summed E-state index contributed by atoms with van der Waals surface area (Å²) in [5.74, 6) is -0.303. The Labute approximate surface area is 95.2 Å². The van der Waals surface area contributed by atoms with Crippen LogP contribution in [0.5, 0.6) is 0 Å². The Bertz CT molecular complexity index is 455. The number of rotatable bonds is 3. The zero-order chi connectivity index (χ0) is 12.0. The first-order valence-corrected chi connectivity index (χ1v) is 4.92. The van der Waals surface area contributed by atoms with Crippen LogP contribution in [0.15, 0.2) is 30.3 Å². The van der Waals surface area contributed by atoms with Gasteiger partial charge >= 0.3 is 5.97 Å². The van der Waals surface area contributed by atoms with Crippen molar-refractivity contribution in [2.24, 2.45) is 0 Å². The predicted molar refractivity (Wildman–Crippen MR) is 63.0 cm³/mol. The van der Waals surface area contributed by atoms with E-state index in [4.69, 9.17) is 11.3 Å². The smallest absolute Gasteiger partial charge is 0.302 e. The SMILES string of the molecule is [C-]#[N+]c1ccccc1/C(C)=C/COC(C)=O. The van der Waals surface area contributed by atoms with Crippen molar-refractivity contribution in [1.29, 1.82) is 0 Å². The Morgan fingerprint density at radius 2 is 2.12 bits per heavy atom. The van der Waals surface area contributed by atoms with Crippen LogP contribution in [-0.2, 0) is 9.53 Å². The third-order valence-electron chi connectivity index (χ3n) is 2.13. The summed E-state index contributed by atoms with van der Waals surface area (Å²) >= 11 is 0. The maximum absolute atomic E-state index is 10.6. The molecule has 0 aliphatic rings. The van der Waals surface area contributed by atoms with E-state index < -0.39 is 0 Å². The van der Waals surface area contributed by atoms with Crippen molar-refractivity contribution >= 4 is 17.2 Å². The second-order valence-corrected chi connectivity index (χ2v) is 3.32. The highest BCUT2D eigenvalue weighted by Crippen LogP contribution is 2.25.